The van der Waals surface area contributed by atoms with Crippen LogP contribution in [0.2, 0.25) is 0 Å². The van der Waals surface area contributed by atoms with Gasteiger partial charge in [0.1, 0.15) is 0 Å². The fourth-order valence-electron chi connectivity index (χ4n) is 2.78. The SMILES string of the molecule is CC=Cc1ccc(-c2ccc(C#Cc3cc(F)c(OC=CC(F)F)c(F)c3)cc2)cc1. The van der Waals surface area contributed by atoms with Crippen LogP contribution in [-0.2, 0) is 0 Å². The largest absolute Gasteiger partial charge is 0.459 e. The Morgan fingerprint density at radius 3 is 1.90 bits per heavy atom. The van der Waals surface area contributed by atoms with Crippen LogP contribution < -0.4 is 4.74 Å². The molecule has 0 N–H and O–H groups in total. The molecule has 0 unspecified atom stereocenters. The van der Waals surface area contributed by atoms with E-state index in [4.69, 9.17) is 0 Å². The lowest BCUT2D eigenvalue weighted by molar-refractivity contribution is 0.200. The van der Waals surface area contributed by atoms with Crippen molar-refractivity contribution < 1.29 is 22.3 Å². The van der Waals surface area contributed by atoms with Gasteiger partial charge in [-0.25, -0.2) is 17.6 Å². The summed E-state index contributed by atoms with van der Waals surface area (Å²) in [6.45, 7) is 1.97. The van der Waals surface area contributed by atoms with Crippen molar-refractivity contribution in [2.24, 2.45) is 0 Å². The Balaban J connectivity index is 1.74. The first-order valence-electron chi connectivity index (χ1n) is 9.42. The zero-order valence-corrected chi connectivity index (χ0v) is 16.6. The van der Waals surface area contributed by atoms with E-state index in [0.717, 1.165) is 28.8 Å². The third-order valence-corrected chi connectivity index (χ3v) is 4.25. The van der Waals surface area contributed by atoms with Crippen molar-refractivity contribution >= 4 is 6.08 Å². The first-order valence-corrected chi connectivity index (χ1v) is 9.42. The number of ether oxygens (including phenoxy) is 1. The van der Waals surface area contributed by atoms with E-state index in [1.54, 1.807) is 0 Å². The van der Waals surface area contributed by atoms with Gasteiger partial charge in [-0.15, -0.1) is 0 Å². The third kappa shape index (κ3) is 6.10. The number of alkyl halides is 2. The van der Waals surface area contributed by atoms with Crippen LogP contribution in [-0.4, -0.2) is 6.43 Å². The number of allylic oxidation sites excluding steroid dienone is 2. The molecule has 0 radical (unpaired) electrons. The molecule has 3 aromatic rings. The lowest BCUT2D eigenvalue weighted by atomic mass is 10.0. The number of hydrogen-bond acceptors (Lipinski definition) is 1. The molecule has 0 spiro atoms. The van der Waals surface area contributed by atoms with Crippen LogP contribution in [0, 0.1) is 23.5 Å². The average Bonchev–Trinajstić information content (AvgIpc) is 2.75. The summed E-state index contributed by atoms with van der Waals surface area (Å²) >= 11 is 0. The van der Waals surface area contributed by atoms with Crippen molar-refractivity contribution in [3.63, 3.8) is 0 Å². The van der Waals surface area contributed by atoms with Crippen molar-refractivity contribution in [3.05, 3.63) is 107 Å². The zero-order valence-electron chi connectivity index (χ0n) is 16.6. The fourth-order valence-corrected chi connectivity index (χ4v) is 2.78. The molecule has 0 heterocycles. The highest BCUT2D eigenvalue weighted by Crippen LogP contribution is 2.24. The second-order valence-corrected chi connectivity index (χ2v) is 6.50. The van der Waals surface area contributed by atoms with Gasteiger partial charge in [-0.05, 0) is 47.9 Å². The van der Waals surface area contributed by atoms with Crippen molar-refractivity contribution in [1.82, 2.24) is 0 Å². The molecule has 156 valence electrons. The van der Waals surface area contributed by atoms with Gasteiger partial charge in [0.25, 0.3) is 6.43 Å². The summed E-state index contributed by atoms with van der Waals surface area (Å²) in [7, 11) is 0. The molecule has 0 aliphatic rings. The van der Waals surface area contributed by atoms with Crippen LogP contribution >= 0.6 is 0 Å². The van der Waals surface area contributed by atoms with E-state index in [9.17, 15) is 17.6 Å². The lowest BCUT2D eigenvalue weighted by Crippen LogP contribution is -1.94. The summed E-state index contributed by atoms with van der Waals surface area (Å²) < 4.78 is 56.8. The highest BCUT2D eigenvalue weighted by molar-refractivity contribution is 5.66. The Labute approximate surface area is 178 Å². The Morgan fingerprint density at radius 1 is 0.806 bits per heavy atom. The minimum Gasteiger partial charge on any atom is -0.459 e. The van der Waals surface area contributed by atoms with Crippen molar-refractivity contribution in [2.45, 2.75) is 13.3 Å². The van der Waals surface area contributed by atoms with E-state index in [1.807, 2.05) is 67.6 Å². The molecule has 0 aliphatic carbocycles. The minimum atomic E-state index is -2.78. The molecule has 3 rings (SSSR count). The molecular formula is C26H18F4O. The Morgan fingerprint density at radius 2 is 1.35 bits per heavy atom. The topological polar surface area (TPSA) is 9.23 Å². The zero-order chi connectivity index (χ0) is 22.2. The summed E-state index contributed by atoms with van der Waals surface area (Å²) in [6.07, 6.45) is 2.15. The normalized spacial score (nSPS) is 11.2. The maximum atomic E-state index is 14.0. The van der Waals surface area contributed by atoms with E-state index in [1.165, 1.54) is 0 Å². The molecule has 1 nitrogen and oxygen atoms in total. The van der Waals surface area contributed by atoms with E-state index in [0.29, 0.717) is 17.9 Å². The molecule has 0 atom stereocenters. The van der Waals surface area contributed by atoms with Gasteiger partial charge in [0.15, 0.2) is 17.4 Å². The van der Waals surface area contributed by atoms with E-state index in [2.05, 4.69) is 16.6 Å². The van der Waals surface area contributed by atoms with Crippen molar-refractivity contribution in [2.75, 3.05) is 0 Å². The number of rotatable bonds is 5. The molecule has 31 heavy (non-hydrogen) atoms. The molecule has 0 fully saturated rings. The van der Waals surface area contributed by atoms with Gasteiger partial charge in [0, 0.05) is 17.2 Å². The molecule has 0 saturated heterocycles. The molecule has 5 heteroatoms. The van der Waals surface area contributed by atoms with Crippen LogP contribution in [0.4, 0.5) is 17.6 Å². The summed E-state index contributed by atoms with van der Waals surface area (Å²) in [5, 5.41) is 0. The Bertz CT molecular complexity index is 1130. The minimum absolute atomic E-state index is 0.101. The first-order chi connectivity index (χ1) is 15.0. The van der Waals surface area contributed by atoms with Gasteiger partial charge >= 0.3 is 0 Å². The Kier molecular flexibility index (Phi) is 7.29. The fraction of sp³-hybridized carbons (Fsp3) is 0.0769. The summed E-state index contributed by atoms with van der Waals surface area (Å²) in [4.78, 5) is 0. The van der Waals surface area contributed by atoms with Gasteiger partial charge in [0.2, 0.25) is 0 Å². The molecule has 0 amide bonds. The summed E-state index contributed by atoms with van der Waals surface area (Å²) in [6, 6.07) is 17.6. The predicted octanol–water partition coefficient (Wildman–Crippen LogP) is 7.22. The highest BCUT2D eigenvalue weighted by atomic mass is 19.3. The highest BCUT2D eigenvalue weighted by Gasteiger charge is 2.11. The molecule has 3 aromatic carbocycles. The van der Waals surface area contributed by atoms with E-state index in [-0.39, 0.29) is 5.56 Å². The van der Waals surface area contributed by atoms with Crippen molar-refractivity contribution in [3.8, 4) is 28.7 Å². The van der Waals surface area contributed by atoms with Crippen molar-refractivity contribution in [1.29, 1.82) is 0 Å². The first kappa shape index (κ1) is 21.9. The van der Waals surface area contributed by atoms with Crippen LogP contribution in [0.25, 0.3) is 17.2 Å². The molecule has 0 saturated carbocycles. The number of benzene rings is 3. The quantitative estimate of drug-likeness (QED) is 0.240. The maximum Gasteiger partial charge on any atom is 0.260 e. The second kappa shape index (κ2) is 10.3. The standard InChI is InChI=1S/C26H18F4O/c1-2-3-18-6-10-21(11-7-18)22-12-8-19(9-13-22)4-5-20-16-23(27)26(24(28)17-20)31-15-14-25(29)30/h2-3,6-17,25H,1H3. The smallest absolute Gasteiger partial charge is 0.260 e. The third-order valence-electron chi connectivity index (χ3n) is 4.25. The van der Waals surface area contributed by atoms with Gasteiger partial charge in [-0.2, -0.15) is 0 Å². The lowest BCUT2D eigenvalue weighted by Gasteiger charge is -2.04. The van der Waals surface area contributed by atoms with Gasteiger partial charge in [-0.1, -0.05) is 60.4 Å². The Hall–Kier alpha value is -3.78. The maximum absolute atomic E-state index is 14.0. The second-order valence-electron chi connectivity index (χ2n) is 6.50. The van der Waals surface area contributed by atoms with Crippen LogP contribution in [0.15, 0.2) is 79.1 Å². The van der Waals surface area contributed by atoms with Gasteiger partial charge < -0.3 is 4.74 Å². The van der Waals surface area contributed by atoms with E-state index >= 15 is 0 Å². The van der Waals surface area contributed by atoms with Gasteiger partial charge in [0.05, 0.1) is 6.26 Å². The molecular weight excluding hydrogens is 404 g/mol. The molecule has 0 aromatic heterocycles. The summed E-state index contributed by atoms with van der Waals surface area (Å²) in [5.74, 6) is 2.73. The predicted molar refractivity (Wildman–Crippen MR) is 115 cm³/mol. The van der Waals surface area contributed by atoms with Crippen LogP contribution in [0.3, 0.4) is 0 Å². The molecule has 0 aliphatic heterocycles. The van der Waals surface area contributed by atoms with Crippen LogP contribution in [0.1, 0.15) is 23.6 Å². The van der Waals surface area contributed by atoms with Gasteiger partial charge in [-0.3, -0.25) is 0 Å². The average molecular weight is 422 g/mol. The monoisotopic (exact) mass is 422 g/mol. The number of hydrogen-bond donors (Lipinski definition) is 0. The van der Waals surface area contributed by atoms with E-state index < -0.39 is 23.8 Å². The number of halogens is 4. The summed E-state index contributed by atoms with van der Waals surface area (Å²) in [5.41, 5.74) is 3.98. The van der Waals surface area contributed by atoms with Crippen LogP contribution in [0.5, 0.6) is 5.75 Å². The molecule has 0 bridgehead atoms.